The van der Waals surface area contributed by atoms with Crippen LogP contribution >= 0.6 is 56.5 Å². The standard InChI is InChI=1S/C33H30I2N2O5S/c1-5-40-32(39)28-20(4)36-33-37(29(28)22-11-13-25(14-12-22)42-19(2)3)31(38)27(43-33)16-23-15-24(34)17-26(35)30(23)41-18-21-9-7-6-8-10-21/h6-17,19,29H,5,18H2,1-4H3/b27-16-/t29-/m1/s1. The zero-order valence-corrected chi connectivity index (χ0v) is 29.2. The second-order valence-corrected chi connectivity index (χ2v) is 13.5. The van der Waals surface area contributed by atoms with E-state index in [0.717, 1.165) is 23.8 Å². The average molecular weight is 820 g/mol. The van der Waals surface area contributed by atoms with Crippen LogP contribution in [0.15, 0.2) is 87.8 Å². The summed E-state index contributed by atoms with van der Waals surface area (Å²) in [5, 5.41) is 0. The minimum atomic E-state index is -0.699. The van der Waals surface area contributed by atoms with Crippen molar-refractivity contribution in [3.63, 3.8) is 0 Å². The first kappa shape index (κ1) is 31.5. The fraction of sp³-hybridized carbons (Fsp3) is 0.242. The summed E-state index contributed by atoms with van der Waals surface area (Å²) in [6.07, 6.45) is 1.88. The number of fused-ring (bicyclic) bond motifs is 1. The molecule has 1 aliphatic rings. The van der Waals surface area contributed by atoms with Crippen molar-refractivity contribution in [2.45, 2.75) is 46.4 Å². The quantitative estimate of drug-likeness (QED) is 0.145. The van der Waals surface area contributed by atoms with Crippen molar-refractivity contribution in [1.29, 1.82) is 0 Å². The summed E-state index contributed by atoms with van der Waals surface area (Å²) >= 11 is 5.83. The highest BCUT2D eigenvalue weighted by atomic mass is 127. The lowest BCUT2D eigenvalue weighted by Gasteiger charge is -2.25. The number of nitrogens with zero attached hydrogens (tertiary/aromatic N) is 2. The zero-order chi connectivity index (χ0) is 30.7. The van der Waals surface area contributed by atoms with Gasteiger partial charge in [-0.1, -0.05) is 53.8 Å². The first-order valence-corrected chi connectivity index (χ1v) is 16.8. The van der Waals surface area contributed by atoms with Gasteiger partial charge in [0.1, 0.15) is 18.1 Å². The molecule has 0 spiro atoms. The van der Waals surface area contributed by atoms with Crippen LogP contribution in [0.2, 0.25) is 0 Å². The van der Waals surface area contributed by atoms with Crippen molar-refractivity contribution in [3.05, 3.63) is 122 Å². The predicted molar refractivity (Wildman–Crippen MR) is 185 cm³/mol. The minimum Gasteiger partial charge on any atom is -0.491 e. The topological polar surface area (TPSA) is 79.1 Å². The number of allylic oxidation sites excluding steroid dienone is 1. The highest BCUT2D eigenvalue weighted by Crippen LogP contribution is 2.33. The van der Waals surface area contributed by atoms with E-state index >= 15 is 0 Å². The van der Waals surface area contributed by atoms with E-state index in [9.17, 15) is 9.59 Å². The maximum Gasteiger partial charge on any atom is 0.338 e. The van der Waals surface area contributed by atoms with Crippen molar-refractivity contribution in [2.75, 3.05) is 6.61 Å². The fourth-order valence-corrected chi connectivity index (χ4v) is 7.90. The van der Waals surface area contributed by atoms with Crippen LogP contribution in [0.5, 0.6) is 11.5 Å². The third-order valence-electron chi connectivity index (χ3n) is 6.63. The Bertz CT molecular complexity index is 1860. The Kier molecular flexibility index (Phi) is 10.1. The molecule has 2 heterocycles. The molecular formula is C33H30I2N2O5S. The Morgan fingerprint density at radius 1 is 1.09 bits per heavy atom. The summed E-state index contributed by atoms with van der Waals surface area (Å²) in [6, 6.07) is 20.8. The Hall–Kier alpha value is -2.97. The maximum absolute atomic E-state index is 14.1. The van der Waals surface area contributed by atoms with Crippen LogP contribution in [-0.2, 0) is 16.1 Å². The van der Waals surface area contributed by atoms with Crippen LogP contribution < -0.4 is 24.4 Å². The number of aromatic nitrogens is 1. The molecule has 1 aliphatic heterocycles. The molecule has 0 saturated heterocycles. The van der Waals surface area contributed by atoms with E-state index in [-0.39, 0.29) is 18.3 Å². The average Bonchev–Trinajstić information content (AvgIpc) is 3.26. The van der Waals surface area contributed by atoms with Gasteiger partial charge < -0.3 is 14.2 Å². The van der Waals surface area contributed by atoms with Crippen LogP contribution in [0, 0.1) is 7.14 Å². The molecule has 0 N–H and O–H groups in total. The van der Waals surface area contributed by atoms with E-state index in [2.05, 4.69) is 45.2 Å². The molecule has 43 heavy (non-hydrogen) atoms. The highest BCUT2D eigenvalue weighted by molar-refractivity contribution is 14.1. The van der Waals surface area contributed by atoms with Crippen LogP contribution in [0.25, 0.3) is 6.08 Å². The molecule has 10 heteroatoms. The van der Waals surface area contributed by atoms with Crippen molar-refractivity contribution >= 4 is 68.6 Å². The number of benzene rings is 3. The monoisotopic (exact) mass is 820 g/mol. The number of hydrogen-bond acceptors (Lipinski definition) is 7. The molecule has 3 aromatic carbocycles. The van der Waals surface area contributed by atoms with Crippen molar-refractivity contribution in [2.24, 2.45) is 4.99 Å². The molecule has 0 fully saturated rings. The van der Waals surface area contributed by atoms with Gasteiger partial charge in [-0.15, -0.1) is 0 Å². The van der Waals surface area contributed by atoms with Crippen LogP contribution in [-0.4, -0.2) is 23.2 Å². The summed E-state index contributed by atoms with van der Waals surface area (Å²) in [4.78, 5) is 32.6. The van der Waals surface area contributed by atoms with Gasteiger partial charge in [0, 0.05) is 9.13 Å². The number of thiazole rings is 1. The molecule has 0 amide bonds. The first-order valence-electron chi connectivity index (χ1n) is 13.8. The van der Waals surface area contributed by atoms with E-state index in [0.29, 0.717) is 38.7 Å². The molecule has 7 nitrogen and oxygen atoms in total. The normalized spacial score (nSPS) is 14.9. The number of esters is 1. The van der Waals surface area contributed by atoms with E-state index in [1.165, 1.54) is 11.3 Å². The SMILES string of the molecule is CCOC(=O)C1=C(C)N=c2s/c(=C\c3cc(I)cc(I)c3OCc3ccccc3)c(=O)n2[C@@H]1c1ccc(OC(C)C)cc1. The molecule has 1 atom stereocenters. The highest BCUT2D eigenvalue weighted by Gasteiger charge is 2.33. The van der Waals surface area contributed by atoms with Gasteiger partial charge in [0.25, 0.3) is 5.56 Å². The number of ether oxygens (including phenoxy) is 3. The Morgan fingerprint density at radius 3 is 2.49 bits per heavy atom. The van der Waals surface area contributed by atoms with Crippen molar-refractivity contribution < 1.29 is 19.0 Å². The summed E-state index contributed by atoms with van der Waals surface area (Å²) in [6.45, 7) is 8.08. The number of carbonyl (C=O) groups excluding carboxylic acids is 1. The molecule has 4 aromatic rings. The molecular weight excluding hydrogens is 790 g/mol. The van der Waals surface area contributed by atoms with Gasteiger partial charge in [-0.2, -0.15) is 0 Å². The predicted octanol–water partition coefficient (Wildman–Crippen LogP) is 6.37. The van der Waals surface area contributed by atoms with Crippen molar-refractivity contribution in [3.8, 4) is 11.5 Å². The van der Waals surface area contributed by atoms with Gasteiger partial charge >= 0.3 is 5.97 Å². The third-order valence-corrected chi connectivity index (χ3v) is 9.04. The molecule has 0 saturated carbocycles. The summed E-state index contributed by atoms with van der Waals surface area (Å²) in [5.74, 6) is 0.923. The van der Waals surface area contributed by atoms with Gasteiger partial charge in [0.05, 0.1) is 38.1 Å². The lowest BCUT2D eigenvalue weighted by atomic mass is 9.96. The lowest BCUT2D eigenvalue weighted by molar-refractivity contribution is -0.139. The number of hydrogen-bond donors (Lipinski definition) is 0. The van der Waals surface area contributed by atoms with E-state index in [4.69, 9.17) is 19.2 Å². The maximum atomic E-state index is 14.1. The van der Waals surface area contributed by atoms with Gasteiger partial charge in [-0.3, -0.25) is 9.36 Å². The van der Waals surface area contributed by atoms with E-state index in [1.54, 1.807) is 18.4 Å². The lowest BCUT2D eigenvalue weighted by Crippen LogP contribution is -2.39. The van der Waals surface area contributed by atoms with E-state index in [1.807, 2.05) is 86.7 Å². The third kappa shape index (κ3) is 7.07. The smallest absolute Gasteiger partial charge is 0.338 e. The van der Waals surface area contributed by atoms with Crippen LogP contribution in [0.3, 0.4) is 0 Å². The number of carbonyl (C=O) groups is 1. The first-order chi connectivity index (χ1) is 20.7. The largest absolute Gasteiger partial charge is 0.491 e. The molecule has 0 unspecified atom stereocenters. The Balaban J connectivity index is 1.63. The Morgan fingerprint density at radius 2 is 1.81 bits per heavy atom. The van der Waals surface area contributed by atoms with Gasteiger partial charge in [0.15, 0.2) is 4.80 Å². The van der Waals surface area contributed by atoms with Crippen LogP contribution in [0.4, 0.5) is 0 Å². The van der Waals surface area contributed by atoms with Crippen LogP contribution in [0.1, 0.15) is 50.4 Å². The molecule has 222 valence electrons. The summed E-state index contributed by atoms with van der Waals surface area (Å²) in [5.41, 5.74) is 3.23. The molecule has 0 aliphatic carbocycles. The molecule has 1 aromatic heterocycles. The zero-order valence-electron chi connectivity index (χ0n) is 24.1. The number of rotatable bonds is 9. The van der Waals surface area contributed by atoms with E-state index < -0.39 is 12.0 Å². The van der Waals surface area contributed by atoms with Gasteiger partial charge in [-0.25, -0.2) is 9.79 Å². The number of halogens is 2. The fourth-order valence-electron chi connectivity index (χ4n) is 4.82. The molecule has 0 radical (unpaired) electrons. The summed E-state index contributed by atoms with van der Waals surface area (Å²) < 4.78 is 21.6. The summed E-state index contributed by atoms with van der Waals surface area (Å²) in [7, 11) is 0. The minimum absolute atomic E-state index is 0.0198. The second-order valence-electron chi connectivity index (χ2n) is 10.1. The van der Waals surface area contributed by atoms with Gasteiger partial charge in [-0.05, 0) is 114 Å². The molecule has 5 rings (SSSR count). The second kappa shape index (κ2) is 13.8. The molecule has 0 bridgehead atoms. The van der Waals surface area contributed by atoms with Crippen molar-refractivity contribution in [1.82, 2.24) is 4.57 Å². The Labute approximate surface area is 281 Å². The van der Waals surface area contributed by atoms with Gasteiger partial charge in [0.2, 0.25) is 0 Å².